The van der Waals surface area contributed by atoms with Crippen molar-refractivity contribution in [2.24, 2.45) is 0 Å². The molecule has 8 fully saturated rings. The summed E-state index contributed by atoms with van der Waals surface area (Å²) in [5, 5.41) is 251. The average molecular weight is 1860 g/mol. The van der Waals surface area contributed by atoms with Gasteiger partial charge in [0.25, 0.3) is 11.8 Å². The summed E-state index contributed by atoms with van der Waals surface area (Å²) in [4.78, 5) is 97.6. The third-order valence-electron chi connectivity index (χ3n) is 23.0. The number of carbonyl (C=O) groups is 7. The number of amides is 5. The predicted molar refractivity (Wildman–Crippen MR) is 417 cm³/mol. The zero-order valence-electron chi connectivity index (χ0n) is 70.9. The van der Waals surface area contributed by atoms with E-state index in [0.717, 1.165) is 0 Å². The van der Waals surface area contributed by atoms with Gasteiger partial charge in [0.2, 0.25) is 17.7 Å². The van der Waals surface area contributed by atoms with Crippen LogP contribution in [-0.4, -0.2) is 507 Å². The number of aliphatic hydroxyl groups is 23. The quantitative estimate of drug-likeness (QED) is 0.0199. The first-order chi connectivity index (χ1) is 61.0. The molecule has 26 N–H and O–H groups in total. The SMILES string of the molecule is C[C@@H]1O[C@@H](OCCN(CCCCCCNC(=O)CN(CC(=O)NCCCCCC(=O)CCCO[C@H]2O[C@H](CO[C@H]3O[C@H](CO)[C@@H](O)[C@H](O)[C@@H]3O)[C@@H](O)[C@H](O[C@H]3O[C@H](CO)[C@@H](O)[C@H](O)[C@@H]3O)[C@@H]2O)CC(=O)NCCCCCC(=O)ON2C(=O)CCC2=O)CCO[C@H]2O[C@H](CO[C@H]3O[C@H](CO)[C@@H](O)[C@H](O)[C@@H]3O)[C@@H](O)[C@H](O[C@H]3O[C@H](CO)[C@@H](O)[C@H](O)[C@@H]3O)[C@@H]2O)[C@@H](O)[C@H](O)[C@@H]1O. The molecule has 0 bridgehead atoms. The standard InChI is InChI=1S/C77H132N6O45/c1-36-50(95)57(102)62(107)71(119-36)115-25-22-81(23-26-116-75-68(113)70(127-77-66(111)61(106)54(99)41(33-87)123-77)56(101)43(125-75)35-118-73-64(109)59(104)52(97)39(31-85)121-73)21-11-3-2-8-18-78-44(89)27-82(29-46(91)80-20-10-5-7-15-49(94)128-83-47(92)16-17-48(83)93)28-45(90)79-19-9-4-6-13-37(88)14-12-24-114-74-67(112)69(126-76-65(110)60(105)53(98)40(32-86)122-76)55(100)42(124-74)34-117-72-63(108)58(103)51(96)38(30-84)120-72/h36,38-43,50-77,84-87,95-113H,2-35H2,1H3,(H,78,89)(H,79,90)(H,80,91)/t36-,38+,39+,40+,41+,42+,43+,50+,51+,52+,53+,54+,55+,56+,57+,58-,59-,60-,61-,62-,63-,64-,65-,66-,67-,68-,69-,70-,71+,72-,73-,74-,75-,76+,77+/m0/s1. The lowest BCUT2D eigenvalue weighted by molar-refractivity contribution is -0.366. The first-order valence-electron chi connectivity index (χ1n) is 43.2. The van der Waals surface area contributed by atoms with Crippen molar-refractivity contribution in [2.45, 2.75) is 325 Å². The highest BCUT2D eigenvalue weighted by molar-refractivity contribution is 6.01. The second-order valence-corrected chi connectivity index (χ2v) is 32.8. The molecule has 5 amide bonds. The number of nitrogens with one attached hydrogen (secondary N) is 3. The first-order valence-corrected chi connectivity index (χ1v) is 43.2. The third kappa shape index (κ3) is 31.1. The van der Waals surface area contributed by atoms with E-state index in [4.69, 9.17) is 71.2 Å². The maximum absolute atomic E-state index is 13.6. The summed E-state index contributed by atoms with van der Waals surface area (Å²) in [5.74, 6) is -3.87. The fraction of sp³-hybridized carbons (Fsp3) is 0.909. The van der Waals surface area contributed by atoms with Gasteiger partial charge in [-0.1, -0.05) is 25.7 Å². The molecule has 8 rings (SSSR count). The highest BCUT2D eigenvalue weighted by Crippen LogP contribution is 2.35. The van der Waals surface area contributed by atoms with Gasteiger partial charge in [0.15, 0.2) is 44.0 Å². The van der Waals surface area contributed by atoms with Crippen LogP contribution in [0.4, 0.5) is 0 Å². The van der Waals surface area contributed by atoms with Crippen molar-refractivity contribution in [2.75, 3.05) is 118 Å². The summed E-state index contributed by atoms with van der Waals surface area (Å²) in [7, 11) is 0. The number of ketones is 1. The van der Waals surface area contributed by atoms with E-state index in [-0.39, 0.29) is 96.9 Å². The Morgan fingerprint density at radius 1 is 0.336 bits per heavy atom. The third-order valence-corrected chi connectivity index (χ3v) is 23.0. The molecule has 0 aromatic carbocycles. The monoisotopic (exact) mass is 1860 g/mol. The number of unbranched alkanes of at least 4 members (excludes halogenated alkanes) is 7. The van der Waals surface area contributed by atoms with Crippen LogP contribution in [0.5, 0.6) is 0 Å². The van der Waals surface area contributed by atoms with Crippen LogP contribution < -0.4 is 16.0 Å². The normalized spacial score (nSPS) is 37.8. The second kappa shape index (κ2) is 54.0. The molecular formula is C77H132N6O45. The number of hydrogen-bond acceptors (Lipinski definition) is 47. The Labute approximate surface area is 734 Å². The molecule has 0 aromatic heterocycles. The van der Waals surface area contributed by atoms with E-state index in [0.29, 0.717) is 75.8 Å². The number of carbonyl (C=O) groups excluding carboxylic acids is 7. The van der Waals surface area contributed by atoms with E-state index < -0.39 is 310 Å². The number of hydrogen-bond donors (Lipinski definition) is 26. The lowest BCUT2D eigenvalue weighted by Crippen LogP contribution is -2.65. The molecule has 0 spiro atoms. The molecule has 8 saturated heterocycles. The Kier molecular flexibility index (Phi) is 45.8. The van der Waals surface area contributed by atoms with Gasteiger partial charge in [-0.25, -0.2) is 4.79 Å². The minimum absolute atomic E-state index is 0.0295. The maximum Gasteiger partial charge on any atom is 0.333 e. The number of aliphatic hydroxyl groups excluding tert-OH is 23. The van der Waals surface area contributed by atoms with Crippen LogP contribution in [0.1, 0.15) is 110 Å². The molecule has 0 saturated carbocycles. The number of imide groups is 1. The Balaban J connectivity index is 0.804. The van der Waals surface area contributed by atoms with E-state index in [1.807, 2.05) is 4.90 Å². The lowest BCUT2D eigenvalue weighted by atomic mass is 9.96. The number of rotatable bonds is 53. The van der Waals surface area contributed by atoms with Gasteiger partial charge in [0.1, 0.15) is 171 Å². The van der Waals surface area contributed by atoms with Crippen molar-refractivity contribution in [3.63, 3.8) is 0 Å². The maximum atomic E-state index is 13.6. The molecule has 0 unspecified atom stereocenters. The summed E-state index contributed by atoms with van der Waals surface area (Å²) >= 11 is 0. The summed E-state index contributed by atoms with van der Waals surface area (Å²) in [5.41, 5.74) is 0. The molecule has 35 atom stereocenters. The summed E-state index contributed by atoms with van der Waals surface area (Å²) < 4.78 is 79.6. The Morgan fingerprint density at radius 2 is 0.664 bits per heavy atom. The van der Waals surface area contributed by atoms with Gasteiger partial charge in [-0.2, -0.15) is 0 Å². The van der Waals surface area contributed by atoms with Gasteiger partial charge in [0, 0.05) is 64.8 Å². The first kappa shape index (κ1) is 108. The van der Waals surface area contributed by atoms with Crippen LogP contribution in [0.15, 0.2) is 0 Å². The van der Waals surface area contributed by atoms with Gasteiger partial charge < -0.3 is 205 Å². The Morgan fingerprint density at radius 3 is 1.07 bits per heavy atom. The summed E-state index contributed by atoms with van der Waals surface area (Å²) in [6.45, 7) is -4.27. The van der Waals surface area contributed by atoms with Crippen LogP contribution in [0.3, 0.4) is 0 Å². The fourth-order valence-corrected chi connectivity index (χ4v) is 15.3. The molecule has 51 heteroatoms. The largest absolute Gasteiger partial charge is 0.394 e. The van der Waals surface area contributed by atoms with E-state index in [1.54, 1.807) is 0 Å². The van der Waals surface area contributed by atoms with Crippen LogP contribution in [0.2, 0.25) is 0 Å². The van der Waals surface area contributed by atoms with Crippen molar-refractivity contribution in [1.82, 2.24) is 30.8 Å². The van der Waals surface area contributed by atoms with Gasteiger partial charge >= 0.3 is 5.97 Å². The molecule has 0 radical (unpaired) electrons. The smallest absolute Gasteiger partial charge is 0.333 e. The number of ether oxygens (including phenoxy) is 14. The van der Waals surface area contributed by atoms with Crippen molar-refractivity contribution >= 4 is 41.3 Å². The van der Waals surface area contributed by atoms with Gasteiger partial charge in [-0.3, -0.25) is 38.6 Å². The van der Waals surface area contributed by atoms with Crippen molar-refractivity contribution in [3.05, 3.63) is 0 Å². The van der Waals surface area contributed by atoms with Crippen molar-refractivity contribution < 1.29 is 222 Å². The Hall–Kier alpha value is -4.87. The fourth-order valence-electron chi connectivity index (χ4n) is 15.3. The lowest BCUT2D eigenvalue weighted by Gasteiger charge is -2.46. The number of Topliss-reactive ketones (excluding diaryl/α,β-unsaturated/α-hetero) is 1. The van der Waals surface area contributed by atoms with E-state index in [9.17, 15) is 151 Å². The highest BCUT2D eigenvalue weighted by Gasteiger charge is 2.56. The molecule has 51 nitrogen and oxygen atoms in total. The highest BCUT2D eigenvalue weighted by atomic mass is 16.8. The van der Waals surface area contributed by atoms with E-state index in [1.165, 1.54) is 11.8 Å². The topological polar surface area (TPSA) is 769 Å². The van der Waals surface area contributed by atoms with Gasteiger partial charge in [-0.05, 0) is 58.4 Å². The van der Waals surface area contributed by atoms with E-state index in [2.05, 4.69) is 16.0 Å². The molecule has 0 aliphatic carbocycles. The molecule has 8 aliphatic heterocycles. The van der Waals surface area contributed by atoms with Crippen LogP contribution in [-0.2, 0) is 105 Å². The molecule has 0 aromatic rings. The molecule has 740 valence electrons. The Bertz CT molecular complexity index is 3300. The molecular weight excluding hydrogens is 1730 g/mol. The number of nitrogens with zero attached hydrogens (tertiary/aromatic N) is 3. The minimum Gasteiger partial charge on any atom is -0.394 e. The minimum atomic E-state index is -2.01. The zero-order chi connectivity index (χ0) is 93.8. The average Bonchev–Trinajstić information content (AvgIpc) is 0.911. The van der Waals surface area contributed by atoms with Gasteiger partial charge in [-0.15, -0.1) is 5.06 Å². The summed E-state index contributed by atoms with van der Waals surface area (Å²) in [6.07, 6.45) is -55.8. The van der Waals surface area contributed by atoms with Crippen molar-refractivity contribution in [1.29, 1.82) is 0 Å². The van der Waals surface area contributed by atoms with Crippen LogP contribution in [0.25, 0.3) is 0 Å². The van der Waals surface area contributed by atoms with Crippen molar-refractivity contribution in [3.8, 4) is 0 Å². The molecule has 8 aliphatic rings. The van der Waals surface area contributed by atoms with Crippen LogP contribution >= 0.6 is 0 Å². The molecule has 8 heterocycles. The van der Waals surface area contributed by atoms with Gasteiger partial charge in [0.05, 0.1) is 85.2 Å². The van der Waals surface area contributed by atoms with E-state index >= 15 is 0 Å². The summed E-state index contributed by atoms with van der Waals surface area (Å²) in [6, 6.07) is 0. The zero-order valence-corrected chi connectivity index (χ0v) is 70.9. The number of hydroxylamine groups is 2. The van der Waals surface area contributed by atoms with Crippen LogP contribution in [0, 0.1) is 0 Å². The second-order valence-electron chi connectivity index (χ2n) is 32.8. The molecule has 128 heavy (non-hydrogen) atoms. The predicted octanol–water partition coefficient (Wildman–Crippen LogP) is -14.6.